The van der Waals surface area contributed by atoms with Gasteiger partial charge in [-0.15, -0.1) is 0 Å². The molecule has 18 heavy (non-hydrogen) atoms. The predicted octanol–water partition coefficient (Wildman–Crippen LogP) is 4.82. The first-order valence-corrected chi connectivity index (χ1v) is 8.37. The Morgan fingerprint density at radius 1 is 0.889 bits per heavy atom. The van der Waals surface area contributed by atoms with E-state index < -0.39 is 8.53 Å². The molecule has 0 fully saturated rings. The highest BCUT2D eigenvalue weighted by atomic mass is 31.2. The van der Waals surface area contributed by atoms with Crippen LogP contribution in [0.5, 0.6) is 0 Å². The maximum Gasteiger partial charge on any atom is 0.259 e. The molecule has 0 radical (unpaired) electrons. The maximum absolute atomic E-state index is 6.01. The van der Waals surface area contributed by atoms with Crippen molar-refractivity contribution in [3.63, 3.8) is 0 Å². The second-order valence-electron chi connectivity index (χ2n) is 5.65. The fourth-order valence-corrected chi connectivity index (χ4v) is 3.38. The fraction of sp³-hybridized carbons (Fsp3) is 1.00. The topological polar surface area (TPSA) is 21.7 Å². The van der Waals surface area contributed by atoms with Gasteiger partial charge in [-0.25, -0.2) is 4.67 Å². The third kappa shape index (κ3) is 7.68. The van der Waals surface area contributed by atoms with E-state index in [2.05, 4.69) is 53.1 Å². The molecule has 0 heterocycles. The molecule has 0 N–H and O–H groups in total. The van der Waals surface area contributed by atoms with Crippen molar-refractivity contribution >= 4 is 8.53 Å². The van der Waals surface area contributed by atoms with Crippen molar-refractivity contribution in [1.29, 1.82) is 0 Å². The van der Waals surface area contributed by atoms with Crippen LogP contribution in [0.4, 0.5) is 0 Å². The van der Waals surface area contributed by atoms with Gasteiger partial charge >= 0.3 is 0 Å². The van der Waals surface area contributed by atoms with Crippen molar-refractivity contribution in [2.75, 3.05) is 13.2 Å². The van der Waals surface area contributed by atoms with Crippen LogP contribution in [0.2, 0.25) is 0 Å². The molecule has 0 aromatic carbocycles. The summed E-state index contributed by atoms with van der Waals surface area (Å²) < 4.78 is 14.3. The Kier molecular flexibility index (Phi) is 10.3. The SMILES string of the molecule is CCCOP(OCCC(C)C)N(C(C)C)C(C)C. The molecule has 4 heteroatoms. The zero-order valence-electron chi connectivity index (χ0n) is 13.3. The first-order valence-electron chi connectivity index (χ1n) is 7.24. The van der Waals surface area contributed by atoms with Gasteiger partial charge in [0.05, 0.1) is 13.2 Å². The van der Waals surface area contributed by atoms with Crippen LogP contribution in [0.1, 0.15) is 61.3 Å². The Morgan fingerprint density at radius 3 is 1.78 bits per heavy atom. The Labute approximate surface area is 115 Å². The van der Waals surface area contributed by atoms with Gasteiger partial charge in [-0.05, 0) is 46.5 Å². The van der Waals surface area contributed by atoms with E-state index in [1.54, 1.807) is 0 Å². The Morgan fingerprint density at radius 2 is 1.39 bits per heavy atom. The lowest BCUT2D eigenvalue weighted by atomic mass is 10.2. The summed E-state index contributed by atoms with van der Waals surface area (Å²) in [6.45, 7) is 17.0. The molecule has 0 spiro atoms. The van der Waals surface area contributed by atoms with Crippen molar-refractivity contribution in [2.24, 2.45) is 5.92 Å². The van der Waals surface area contributed by atoms with Crippen molar-refractivity contribution in [2.45, 2.75) is 73.4 Å². The van der Waals surface area contributed by atoms with Crippen molar-refractivity contribution < 1.29 is 9.05 Å². The van der Waals surface area contributed by atoms with E-state index in [0.29, 0.717) is 18.0 Å². The summed E-state index contributed by atoms with van der Waals surface area (Å²) >= 11 is 0. The molecule has 0 aliphatic rings. The largest absolute Gasteiger partial charge is 0.322 e. The molecule has 3 nitrogen and oxygen atoms in total. The number of rotatable bonds is 10. The molecule has 0 bridgehead atoms. The third-order valence-electron chi connectivity index (χ3n) is 2.55. The minimum absolute atomic E-state index is 0.451. The van der Waals surface area contributed by atoms with Crippen molar-refractivity contribution in [3.8, 4) is 0 Å². The fourth-order valence-electron chi connectivity index (χ4n) is 1.68. The molecule has 0 aromatic rings. The van der Waals surface area contributed by atoms with Gasteiger partial charge in [0.25, 0.3) is 8.53 Å². The number of hydrogen-bond donors (Lipinski definition) is 0. The number of hydrogen-bond acceptors (Lipinski definition) is 3. The quantitative estimate of drug-likeness (QED) is 0.534. The van der Waals surface area contributed by atoms with E-state index in [0.717, 1.165) is 26.1 Å². The standard InChI is InChI=1S/C14H32NO2P/c1-8-10-16-18(17-11-9-12(2)3)15(13(4)5)14(6)7/h12-14H,8-11H2,1-7H3. The summed E-state index contributed by atoms with van der Waals surface area (Å²) in [6, 6.07) is 0.902. The molecular weight excluding hydrogens is 245 g/mol. The zero-order chi connectivity index (χ0) is 14.1. The van der Waals surface area contributed by atoms with Crippen LogP contribution in [0, 0.1) is 5.92 Å². The molecule has 0 rings (SSSR count). The molecule has 110 valence electrons. The Balaban J connectivity index is 4.42. The lowest BCUT2D eigenvalue weighted by Gasteiger charge is -2.35. The third-order valence-corrected chi connectivity index (χ3v) is 4.66. The van der Waals surface area contributed by atoms with Crippen LogP contribution in [-0.4, -0.2) is 30.0 Å². The molecule has 0 aliphatic heterocycles. The van der Waals surface area contributed by atoms with E-state index in [-0.39, 0.29) is 0 Å². The van der Waals surface area contributed by atoms with Crippen LogP contribution in [0.15, 0.2) is 0 Å². The van der Waals surface area contributed by atoms with Gasteiger partial charge in [0.15, 0.2) is 0 Å². The van der Waals surface area contributed by atoms with Gasteiger partial charge in [0.2, 0.25) is 0 Å². The molecule has 0 amide bonds. The smallest absolute Gasteiger partial charge is 0.259 e. The van der Waals surface area contributed by atoms with Gasteiger partial charge in [0, 0.05) is 12.1 Å². The molecule has 0 aliphatic carbocycles. The molecule has 0 saturated carbocycles. The first kappa shape index (κ1) is 18.3. The molecular formula is C14H32NO2P. The summed E-state index contributed by atoms with van der Waals surface area (Å²) in [6.07, 6.45) is 2.13. The molecule has 0 aromatic heterocycles. The van der Waals surface area contributed by atoms with Gasteiger partial charge < -0.3 is 9.05 Å². The van der Waals surface area contributed by atoms with Crippen LogP contribution in [-0.2, 0) is 9.05 Å². The van der Waals surface area contributed by atoms with E-state index in [1.165, 1.54) is 0 Å². The second kappa shape index (κ2) is 10.1. The minimum atomic E-state index is -0.906. The van der Waals surface area contributed by atoms with E-state index in [4.69, 9.17) is 9.05 Å². The van der Waals surface area contributed by atoms with E-state index >= 15 is 0 Å². The van der Waals surface area contributed by atoms with Crippen molar-refractivity contribution in [1.82, 2.24) is 4.67 Å². The van der Waals surface area contributed by atoms with Crippen LogP contribution in [0.25, 0.3) is 0 Å². The highest BCUT2D eigenvalue weighted by molar-refractivity contribution is 7.44. The summed E-state index contributed by atoms with van der Waals surface area (Å²) in [7, 11) is -0.906. The molecule has 1 unspecified atom stereocenters. The van der Waals surface area contributed by atoms with Gasteiger partial charge in [-0.3, -0.25) is 0 Å². The summed E-state index contributed by atoms with van der Waals surface area (Å²) in [4.78, 5) is 0. The highest BCUT2D eigenvalue weighted by Gasteiger charge is 2.26. The van der Waals surface area contributed by atoms with Gasteiger partial charge in [-0.1, -0.05) is 20.8 Å². The first-order chi connectivity index (χ1) is 8.40. The summed E-state index contributed by atoms with van der Waals surface area (Å²) in [5.41, 5.74) is 0. The monoisotopic (exact) mass is 277 g/mol. The second-order valence-corrected chi connectivity index (χ2v) is 7.11. The van der Waals surface area contributed by atoms with Crippen LogP contribution >= 0.6 is 8.53 Å². The normalized spacial score (nSPS) is 14.2. The highest BCUT2D eigenvalue weighted by Crippen LogP contribution is 2.46. The predicted molar refractivity (Wildman–Crippen MR) is 80.7 cm³/mol. The van der Waals surface area contributed by atoms with Crippen LogP contribution < -0.4 is 0 Å². The molecule has 0 saturated heterocycles. The van der Waals surface area contributed by atoms with E-state index in [9.17, 15) is 0 Å². The summed E-state index contributed by atoms with van der Waals surface area (Å²) in [5.74, 6) is 0.680. The van der Waals surface area contributed by atoms with Crippen LogP contribution in [0.3, 0.4) is 0 Å². The van der Waals surface area contributed by atoms with E-state index in [1.807, 2.05) is 0 Å². The van der Waals surface area contributed by atoms with Gasteiger partial charge in [-0.2, -0.15) is 0 Å². The lowest BCUT2D eigenvalue weighted by molar-refractivity contribution is 0.169. The summed E-state index contributed by atoms with van der Waals surface area (Å²) in [5, 5.41) is 0. The zero-order valence-corrected chi connectivity index (χ0v) is 14.2. The average molecular weight is 277 g/mol. The Bertz CT molecular complexity index is 190. The lowest BCUT2D eigenvalue weighted by Crippen LogP contribution is -2.33. The minimum Gasteiger partial charge on any atom is -0.322 e. The Hall–Kier alpha value is 0.310. The average Bonchev–Trinajstić information content (AvgIpc) is 2.23. The number of nitrogens with zero attached hydrogens (tertiary/aromatic N) is 1. The maximum atomic E-state index is 6.01. The van der Waals surface area contributed by atoms with Gasteiger partial charge in [0.1, 0.15) is 0 Å². The molecule has 1 atom stereocenters. The van der Waals surface area contributed by atoms with Crippen molar-refractivity contribution in [3.05, 3.63) is 0 Å².